The van der Waals surface area contributed by atoms with E-state index in [4.69, 9.17) is 4.42 Å². The highest BCUT2D eigenvalue weighted by Gasteiger charge is 2.32. The summed E-state index contributed by atoms with van der Waals surface area (Å²) in [6, 6.07) is 3.33. The average Bonchev–Trinajstić information content (AvgIpc) is 3.16. The number of nitrogens with zero attached hydrogens (tertiary/aromatic N) is 1. The normalized spacial score (nSPS) is 24.2. The maximum Gasteiger partial charge on any atom is 0.573 e. The molecule has 2 aliphatic rings. The topological polar surface area (TPSA) is 48.4 Å². The van der Waals surface area contributed by atoms with Crippen molar-refractivity contribution in [3.05, 3.63) is 45.8 Å². The van der Waals surface area contributed by atoms with Crippen LogP contribution in [0.4, 0.5) is 13.2 Å². The second-order valence-corrected chi connectivity index (χ2v) is 7.57. The molecule has 1 aliphatic carbocycles. The Morgan fingerprint density at radius 1 is 1.25 bits per heavy atom. The van der Waals surface area contributed by atoms with Crippen LogP contribution < -0.4 is 0 Å². The SMILES string of the molecule is [O-][N+](=Cc1ccc([SH]2C=CC(OC(F)(F)F)=C2)o1)C1CCCCC1. The molecule has 0 spiro atoms. The van der Waals surface area contributed by atoms with E-state index in [2.05, 4.69) is 4.74 Å². The lowest BCUT2D eigenvalue weighted by Gasteiger charge is -2.20. The zero-order valence-electron chi connectivity index (χ0n) is 12.8. The standard InChI is InChI=1S/C16H18F3NO3S/c17-16(18,19)23-14-8-9-24(11-14)15-7-6-13(22-15)10-20(21)12-4-2-1-3-5-12/h6-12,24H,1-5H2. The van der Waals surface area contributed by atoms with Crippen LogP contribution in [-0.4, -0.2) is 23.4 Å². The van der Waals surface area contributed by atoms with E-state index in [0.29, 0.717) is 10.9 Å². The van der Waals surface area contributed by atoms with E-state index in [-0.39, 0.29) is 11.8 Å². The van der Waals surface area contributed by atoms with E-state index in [1.165, 1.54) is 24.1 Å². The minimum Gasteiger partial charge on any atom is -0.624 e. The van der Waals surface area contributed by atoms with Gasteiger partial charge >= 0.3 is 6.36 Å². The molecule has 1 unspecified atom stereocenters. The number of thiol groups is 1. The van der Waals surface area contributed by atoms with E-state index in [9.17, 15) is 18.4 Å². The van der Waals surface area contributed by atoms with Crippen LogP contribution in [-0.2, 0) is 4.74 Å². The number of hydrogen-bond donors (Lipinski definition) is 1. The Morgan fingerprint density at radius 2 is 2.00 bits per heavy atom. The molecule has 1 aromatic rings. The summed E-state index contributed by atoms with van der Waals surface area (Å²) in [5.41, 5.74) is 0. The molecule has 1 aromatic heterocycles. The molecule has 0 aromatic carbocycles. The third kappa shape index (κ3) is 4.37. The molecule has 4 nitrogen and oxygen atoms in total. The molecule has 1 fully saturated rings. The van der Waals surface area contributed by atoms with E-state index in [1.807, 2.05) is 0 Å². The zero-order chi connectivity index (χ0) is 17.2. The molecule has 2 heterocycles. The van der Waals surface area contributed by atoms with Crippen molar-refractivity contribution in [2.24, 2.45) is 0 Å². The number of hydrogen-bond acceptors (Lipinski definition) is 3. The molecule has 0 saturated heterocycles. The Hall–Kier alpha value is -1.83. The van der Waals surface area contributed by atoms with Gasteiger partial charge in [-0.1, -0.05) is 6.42 Å². The fourth-order valence-corrected chi connectivity index (χ4v) is 4.36. The fraction of sp³-hybridized carbons (Fsp3) is 0.438. The molecule has 1 saturated carbocycles. The van der Waals surface area contributed by atoms with Crippen LogP contribution in [0.15, 0.2) is 44.3 Å². The van der Waals surface area contributed by atoms with E-state index < -0.39 is 17.3 Å². The number of ether oxygens (including phenoxy) is 1. The van der Waals surface area contributed by atoms with Gasteiger partial charge in [0, 0.05) is 18.2 Å². The van der Waals surface area contributed by atoms with Gasteiger partial charge in [0.2, 0.25) is 6.21 Å². The van der Waals surface area contributed by atoms with Crippen molar-refractivity contribution in [3.63, 3.8) is 0 Å². The van der Waals surface area contributed by atoms with Crippen molar-refractivity contribution in [1.82, 2.24) is 0 Å². The van der Waals surface area contributed by atoms with Crippen molar-refractivity contribution in [2.45, 2.75) is 49.6 Å². The molecule has 0 radical (unpaired) electrons. The number of rotatable bonds is 4. The van der Waals surface area contributed by atoms with Crippen molar-refractivity contribution in [3.8, 4) is 0 Å². The lowest BCUT2D eigenvalue weighted by atomic mass is 9.96. The van der Waals surface area contributed by atoms with Crippen LogP contribution in [0.5, 0.6) is 0 Å². The Bertz CT molecular complexity index is 672. The minimum atomic E-state index is -4.70. The lowest BCUT2D eigenvalue weighted by Crippen LogP contribution is -2.25. The summed E-state index contributed by atoms with van der Waals surface area (Å²) >= 11 is 0. The summed E-state index contributed by atoms with van der Waals surface area (Å²) in [4.78, 5) is 0. The molecule has 8 heteroatoms. The lowest BCUT2D eigenvalue weighted by molar-refractivity contribution is -0.501. The Morgan fingerprint density at radius 3 is 2.71 bits per heavy atom. The number of furan rings is 1. The molecule has 132 valence electrons. The maximum absolute atomic E-state index is 12.2. The summed E-state index contributed by atoms with van der Waals surface area (Å²) in [5.74, 6) is 0.184. The molecule has 3 rings (SSSR count). The fourth-order valence-electron chi connectivity index (χ4n) is 2.82. The summed E-state index contributed by atoms with van der Waals surface area (Å²) in [6.45, 7) is 0. The number of allylic oxidation sites excluding steroid dienone is 1. The van der Waals surface area contributed by atoms with Crippen molar-refractivity contribution < 1.29 is 27.1 Å². The van der Waals surface area contributed by atoms with Gasteiger partial charge in [-0.25, -0.2) is 4.74 Å². The first-order valence-electron chi connectivity index (χ1n) is 7.75. The molecule has 0 amide bonds. The predicted molar refractivity (Wildman–Crippen MR) is 86.0 cm³/mol. The predicted octanol–water partition coefficient (Wildman–Crippen LogP) is 4.81. The van der Waals surface area contributed by atoms with Gasteiger partial charge < -0.3 is 14.4 Å². The van der Waals surface area contributed by atoms with Crippen LogP contribution >= 0.6 is 10.9 Å². The highest BCUT2D eigenvalue weighted by atomic mass is 32.2. The van der Waals surface area contributed by atoms with Crippen molar-refractivity contribution in [1.29, 1.82) is 0 Å². The Kier molecular flexibility index (Phi) is 4.93. The van der Waals surface area contributed by atoms with Gasteiger partial charge in [-0.3, -0.25) is 0 Å². The van der Waals surface area contributed by atoms with Crippen LogP contribution in [0, 0.1) is 5.21 Å². The summed E-state index contributed by atoms with van der Waals surface area (Å²) in [6.07, 6.45) is 3.05. The van der Waals surface area contributed by atoms with Gasteiger partial charge in [0.15, 0.2) is 11.8 Å². The quantitative estimate of drug-likeness (QED) is 0.275. The third-order valence-electron chi connectivity index (χ3n) is 3.96. The Labute approximate surface area is 140 Å². The third-order valence-corrected chi connectivity index (χ3v) is 5.71. The van der Waals surface area contributed by atoms with E-state index in [1.54, 1.807) is 17.5 Å². The molecule has 0 N–H and O–H groups in total. The molecule has 24 heavy (non-hydrogen) atoms. The number of alkyl halides is 3. The second-order valence-electron chi connectivity index (χ2n) is 5.76. The molecular formula is C16H18F3NO3S. The van der Waals surface area contributed by atoms with Crippen LogP contribution in [0.3, 0.4) is 0 Å². The smallest absolute Gasteiger partial charge is 0.573 e. The van der Waals surface area contributed by atoms with Gasteiger partial charge in [0.25, 0.3) is 0 Å². The first-order chi connectivity index (χ1) is 11.4. The number of halogens is 3. The largest absolute Gasteiger partial charge is 0.624 e. The highest BCUT2D eigenvalue weighted by Crippen LogP contribution is 2.45. The van der Waals surface area contributed by atoms with Crippen LogP contribution in [0.2, 0.25) is 0 Å². The Balaban J connectivity index is 1.67. The van der Waals surface area contributed by atoms with Crippen molar-refractivity contribution in [2.75, 3.05) is 0 Å². The summed E-state index contributed by atoms with van der Waals surface area (Å²) in [7, 11) is -1.13. The number of hydroxylamine groups is 1. The van der Waals surface area contributed by atoms with E-state index >= 15 is 0 Å². The zero-order valence-corrected chi connectivity index (χ0v) is 13.7. The monoisotopic (exact) mass is 361 g/mol. The molecular weight excluding hydrogens is 343 g/mol. The molecule has 1 aliphatic heterocycles. The minimum absolute atomic E-state index is 0.0175. The average molecular weight is 361 g/mol. The van der Waals surface area contributed by atoms with Gasteiger partial charge in [0.1, 0.15) is 10.9 Å². The van der Waals surface area contributed by atoms with Gasteiger partial charge in [-0.15, -0.1) is 13.2 Å². The molecule has 0 bridgehead atoms. The van der Waals surface area contributed by atoms with Crippen LogP contribution in [0.25, 0.3) is 0 Å². The highest BCUT2D eigenvalue weighted by molar-refractivity contribution is 8.22. The summed E-state index contributed by atoms with van der Waals surface area (Å²) < 4.78 is 47.0. The van der Waals surface area contributed by atoms with Gasteiger partial charge in [-0.2, -0.15) is 10.9 Å². The second kappa shape index (κ2) is 6.96. The summed E-state index contributed by atoms with van der Waals surface area (Å²) in [5, 5.41) is 15.7. The first kappa shape index (κ1) is 17.0. The van der Waals surface area contributed by atoms with Crippen LogP contribution in [0.1, 0.15) is 37.9 Å². The van der Waals surface area contributed by atoms with Gasteiger partial charge in [0.05, 0.1) is 0 Å². The van der Waals surface area contributed by atoms with Gasteiger partial charge in [-0.05, 0) is 36.5 Å². The maximum atomic E-state index is 12.2. The van der Waals surface area contributed by atoms with Crippen molar-refractivity contribution >= 4 is 17.1 Å². The molecule has 1 atom stereocenters. The first-order valence-corrected chi connectivity index (χ1v) is 9.23. The van der Waals surface area contributed by atoms with E-state index in [0.717, 1.165) is 30.4 Å².